The number of H-pyrrole nitrogens is 1. The lowest BCUT2D eigenvalue weighted by Crippen LogP contribution is -2.42. The summed E-state index contributed by atoms with van der Waals surface area (Å²) in [6, 6.07) is 19.5. The van der Waals surface area contributed by atoms with Gasteiger partial charge in [-0.15, -0.1) is 0 Å². The Hall–Kier alpha value is -4.46. The fraction of sp³-hybridized carbons (Fsp3) is 0.120. The molecule has 0 saturated carbocycles. The molecule has 0 radical (unpaired) electrons. The Kier molecular flexibility index (Phi) is 7.91. The Morgan fingerprint density at radius 3 is 2.42 bits per heavy atom. The molecule has 33 heavy (non-hydrogen) atoms. The molecule has 8 heteroatoms. The van der Waals surface area contributed by atoms with Crippen LogP contribution in [0.25, 0.3) is 0 Å². The first-order chi connectivity index (χ1) is 16.0. The van der Waals surface area contributed by atoms with Gasteiger partial charge in [0.2, 0.25) is 0 Å². The third-order valence-electron chi connectivity index (χ3n) is 4.55. The number of hydrogen-bond acceptors (Lipinski definition) is 5. The van der Waals surface area contributed by atoms with Crippen molar-refractivity contribution in [1.82, 2.24) is 15.8 Å². The van der Waals surface area contributed by atoms with E-state index in [0.717, 1.165) is 16.7 Å². The number of hydrazine groups is 1. The van der Waals surface area contributed by atoms with E-state index >= 15 is 0 Å². The van der Waals surface area contributed by atoms with E-state index in [1.165, 1.54) is 0 Å². The third-order valence-corrected chi connectivity index (χ3v) is 4.55. The van der Waals surface area contributed by atoms with E-state index in [4.69, 9.17) is 4.74 Å². The van der Waals surface area contributed by atoms with Crippen molar-refractivity contribution < 1.29 is 19.1 Å². The summed E-state index contributed by atoms with van der Waals surface area (Å²) in [5, 5.41) is 0. The number of aldehydes is 1. The average Bonchev–Trinajstić information content (AvgIpc) is 2.83. The molecule has 0 aliphatic heterocycles. The summed E-state index contributed by atoms with van der Waals surface area (Å²) in [6.45, 7) is 3.81. The molecule has 0 spiro atoms. The summed E-state index contributed by atoms with van der Waals surface area (Å²) in [6.07, 6.45) is 2.12. The number of carbonyl (C=O) groups is 3. The molecular formula is C25H24N4O4. The zero-order valence-corrected chi connectivity index (χ0v) is 18.3. The van der Waals surface area contributed by atoms with Gasteiger partial charge in [0.1, 0.15) is 12.1 Å². The second-order valence-corrected chi connectivity index (χ2v) is 7.25. The van der Waals surface area contributed by atoms with Gasteiger partial charge in [0.15, 0.2) is 17.7 Å². The van der Waals surface area contributed by atoms with Gasteiger partial charge in [-0.3, -0.25) is 25.2 Å². The van der Waals surface area contributed by atoms with Crippen LogP contribution in [0.15, 0.2) is 89.4 Å². The highest BCUT2D eigenvalue weighted by molar-refractivity contribution is 6.00. The molecule has 3 rings (SSSR count). The smallest absolute Gasteiger partial charge is 0.292 e. The summed E-state index contributed by atoms with van der Waals surface area (Å²) < 4.78 is 5.59. The maximum atomic E-state index is 12.9. The minimum atomic E-state index is -0.805. The Bertz CT molecular complexity index is 1230. The van der Waals surface area contributed by atoms with E-state index in [1.807, 2.05) is 50.2 Å². The molecule has 3 aromatic rings. The standard InChI is InChI=1S/C25H24N4O4/c1-17-7-6-10-20(13-17)24(31)28-29-25(32)23(27-22-12-11-18(2)14-26-22)21(15-30)33-16-19-8-4-3-5-9-19/h3-15H,16H2,1-2H3,(H,26,27)(H,28,31)(H,29,32)/b23-21+. The van der Waals surface area contributed by atoms with Gasteiger partial charge in [-0.05, 0) is 43.2 Å². The lowest BCUT2D eigenvalue weighted by molar-refractivity contribution is -0.119. The van der Waals surface area contributed by atoms with Crippen molar-refractivity contribution in [3.63, 3.8) is 0 Å². The van der Waals surface area contributed by atoms with Crippen molar-refractivity contribution >= 4 is 18.1 Å². The summed E-state index contributed by atoms with van der Waals surface area (Å²) in [5.74, 6) is -1.58. The van der Waals surface area contributed by atoms with Crippen LogP contribution >= 0.6 is 0 Å². The van der Waals surface area contributed by atoms with Crippen molar-refractivity contribution in [3.8, 4) is 0 Å². The summed E-state index contributed by atoms with van der Waals surface area (Å²) in [4.78, 5) is 44.3. The summed E-state index contributed by atoms with van der Waals surface area (Å²) in [7, 11) is 0. The van der Waals surface area contributed by atoms with Gasteiger partial charge in [0.25, 0.3) is 11.8 Å². The number of amides is 2. The summed E-state index contributed by atoms with van der Waals surface area (Å²) >= 11 is 0. The minimum absolute atomic E-state index is 0.0640. The molecule has 1 aromatic heterocycles. The van der Waals surface area contributed by atoms with Crippen molar-refractivity contribution in [3.05, 3.63) is 112 Å². The van der Waals surface area contributed by atoms with Gasteiger partial charge in [0, 0.05) is 11.8 Å². The lowest BCUT2D eigenvalue weighted by Gasteiger charge is -2.11. The monoisotopic (exact) mass is 444 g/mol. The van der Waals surface area contributed by atoms with Crippen molar-refractivity contribution in [2.75, 3.05) is 0 Å². The van der Waals surface area contributed by atoms with E-state index in [0.29, 0.717) is 17.3 Å². The van der Waals surface area contributed by atoms with E-state index in [1.54, 1.807) is 36.5 Å². The molecule has 1 heterocycles. The molecule has 0 unspecified atom stereocenters. The SMILES string of the molecule is Cc1cc/c(=N/C(C(=O)NNC(=O)c2cccc(C)c2)=C(\C=O)OCc2ccccc2)[nH]c1. The Morgan fingerprint density at radius 2 is 1.76 bits per heavy atom. The Morgan fingerprint density at radius 1 is 0.970 bits per heavy atom. The minimum Gasteiger partial charge on any atom is -0.483 e. The van der Waals surface area contributed by atoms with Gasteiger partial charge >= 0.3 is 0 Å². The normalized spacial score (nSPS) is 11.9. The molecular weight excluding hydrogens is 420 g/mol. The predicted molar refractivity (Wildman–Crippen MR) is 122 cm³/mol. The number of nitrogens with one attached hydrogen (secondary N) is 3. The van der Waals surface area contributed by atoms with Crippen LogP contribution in [0.4, 0.5) is 0 Å². The number of allylic oxidation sites excluding steroid dienone is 1. The number of pyridine rings is 1. The highest BCUT2D eigenvalue weighted by Gasteiger charge is 2.18. The van der Waals surface area contributed by atoms with Crippen molar-refractivity contribution in [1.29, 1.82) is 0 Å². The lowest BCUT2D eigenvalue weighted by atomic mass is 10.1. The van der Waals surface area contributed by atoms with Gasteiger partial charge < -0.3 is 9.72 Å². The first kappa shape index (κ1) is 23.2. The van der Waals surface area contributed by atoms with Crippen LogP contribution in [0.2, 0.25) is 0 Å². The number of nitrogens with zero attached hydrogens (tertiary/aromatic N) is 1. The average molecular weight is 444 g/mol. The quantitative estimate of drug-likeness (QED) is 0.225. The van der Waals surface area contributed by atoms with Crippen molar-refractivity contribution in [2.45, 2.75) is 20.5 Å². The molecule has 2 aromatic carbocycles. The van der Waals surface area contributed by atoms with Crippen LogP contribution < -0.4 is 16.3 Å². The molecule has 8 nitrogen and oxygen atoms in total. The molecule has 2 amide bonds. The van der Waals surface area contributed by atoms with Crippen LogP contribution in [0.1, 0.15) is 27.0 Å². The van der Waals surface area contributed by atoms with E-state index in [2.05, 4.69) is 20.8 Å². The number of aromatic nitrogens is 1. The van der Waals surface area contributed by atoms with E-state index in [-0.39, 0.29) is 18.1 Å². The first-order valence-electron chi connectivity index (χ1n) is 10.2. The number of aryl methyl sites for hydroxylation is 2. The molecule has 0 saturated heterocycles. The topological polar surface area (TPSA) is 113 Å². The van der Waals surface area contributed by atoms with Crippen LogP contribution in [-0.2, 0) is 20.9 Å². The van der Waals surface area contributed by atoms with Crippen LogP contribution in [0.5, 0.6) is 0 Å². The molecule has 3 N–H and O–H groups in total. The number of carbonyl (C=O) groups excluding carboxylic acids is 3. The van der Waals surface area contributed by atoms with Gasteiger partial charge in [0.05, 0.1) is 0 Å². The van der Waals surface area contributed by atoms with Crippen LogP contribution in [0.3, 0.4) is 0 Å². The highest BCUT2D eigenvalue weighted by atomic mass is 16.5. The van der Waals surface area contributed by atoms with Gasteiger partial charge in [-0.25, -0.2) is 4.99 Å². The molecule has 0 atom stereocenters. The zero-order chi connectivity index (χ0) is 23.6. The zero-order valence-electron chi connectivity index (χ0n) is 18.3. The van der Waals surface area contributed by atoms with Gasteiger partial charge in [-0.2, -0.15) is 0 Å². The summed E-state index contributed by atoms with van der Waals surface area (Å²) in [5.41, 5.74) is 7.74. The third kappa shape index (κ3) is 6.76. The van der Waals surface area contributed by atoms with E-state index in [9.17, 15) is 14.4 Å². The Balaban J connectivity index is 1.86. The largest absolute Gasteiger partial charge is 0.483 e. The number of ether oxygens (including phenoxy) is 1. The fourth-order valence-corrected chi connectivity index (χ4v) is 2.83. The molecule has 0 fully saturated rings. The highest BCUT2D eigenvalue weighted by Crippen LogP contribution is 2.10. The molecule has 0 bridgehead atoms. The number of benzene rings is 2. The molecule has 0 aliphatic rings. The Labute approximate surface area is 191 Å². The van der Waals surface area contributed by atoms with E-state index < -0.39 is 11.8 Å². The van der Waals surface area contributed by atoms with Crippen molar-refractivity contribution in [2.24, 2.45) is 4.99 Å². The van der Waals surface area contributed by atoms with Crippen LogP contribution in [-0.4, -0.2) is 23.1 Å². The second-order valence-electron chi connectivity index (χ2n) is 7.25. The number of hydrogen-bond donors (Lipinski definition) is 3. The maximum Gasteiger partial charge on any atom is 0.292 e. The second kappa shape index (κ2) is 11.2. The maximum absolute atomic E-state index is 12.9. The predicted octanol–water partition coefficient (Wildman–Crippen LogP) is 2.62. The van der Waals surface area contributed by atoms with Gasteiger partial charge in [-0.1, -0.05) is 54.1 Å². The molecule has 0 aliphatic carbocycles. The number of aromatic amines is 1. The number of rotatable bonds is 7. The fourth-order valence-electron chi connectivity index (χ4n) is 2.83. The van der Waals surface area contributed by atoms with Crippen LogP contribution in [0, 0.1) is 13.8 Å². The molecule has 168 valence electrons. The first-order valence-corrected chi connectivity index (χ1v) is 10.2.